The van der Waals surface area contributed by atoms with Crippen molar-refractivity contribution >= 4 is 5.95 Å². The topological polar surface area (TPSA) is 59.5 Å². The summed E-state index contributed by atoms with van der Waals surface area (Å²) in [5.74, 6) is 1.19. The monoisotopic (exact) mass is 238 g/mol. The summed E-state index contributed by atoms with van der Waals surface area (Å²) in [6.45, 7) is 5.46. The molecule has 2 rings (SSSR count). The Hall–Kier alpha value is -1.40. The van der Waals surface area contributed by atoms with E-state index in [0.717, 1.165) is 39.4 Å². The minimum absolute atomic E-state index is 0.578. The van der Waals surface area contributed by atoms with Crippen molar-refractivity contribution in [3.63, 3.8) is 0 Å². The summed E-state index contributed by atoms with van der Waals surface area (Å²) in [6, 6.07) is 1.73. The molecule has 1 saturated heterocycles. The molecular formula is C11H18N4O2. The molecule has 94 valence electrons. The molecule has 2 heterocycles. The predicted octanol–water partition coefficient (Wildman–Crippen LogP) is 0.229. The van der Waals surface area contributed by atoms with Gasteiger partial charge in [-0.25, -0.2) is 4.98 Å². The number of aromatic nitrogens is 2. The van der Waals surface area contributed by atoms with E-state index in [1.54, 1.807) is 19.4 Å². The van der Waals surface area contributed by atoms with Gasteiger partial charge in [-0.2, -0.15) is 4.98 Å². The Labute approximate surface area is 101 Å². The van der Waals surface area contributed by atoms with E-state index in [2.05, 4.69) is 20.2 Å². The summed E-state index contributed by atoms with van der Waals surface area (Å²) in [5.41, 5.74) is 0. The Morgan fingerprint density at radius 1 is 1.47 bits per heavy atom. The zero-order chi connectivity index (χ0) is 11.9. The number of rotatable bonds is 5. The van der Waals surface area contributed by atoms with Gasteiger partial charge in [0.1, 0.15) is 0 Å². The van der Waals surface area contributed by atoms with Crippen LogP contribution in [0.3, 0.4) is 0 Å². The molecule has 0 aliphatic carbocycles. The van der Waals surface area contributed by atoms with E-state index in [1.165, 1.54) is 0 Å². The molecule has 1 N–H and O–H groups in total. The van der Waals surface area contributed by atoms with E-state index in [9.17, 15) is 0 Å². The highest BCUT2D eigenvalue weighted by molar-refractivity contribution is 5.27. The highest BCUT2D eigenvalue weighted by atomic mass is 16.5. The molecule has 0 unspecified atom stereocenters. The third kappa shape index (κ3) is 3.83. The Kier molecular flexibility index (Phi) is 4.52. The van der Waals surface area contributed by atoms with Gasteiger partial charge < -0.3 is 14.8 Å². The van der Waals surface area contributed by atoms with Crippen LogP contribution in [0, 0.1) is 0 Å². The number of ether oxygens (including phenoxy) is 2. The Morgan fingerprint density at radius 3 is 3.06 bits per heavy atom. The van der Waals surface area contributed by atoms with Gasteiger partial charge in [0.05, 0.1) is 20.3 Å². The van der Waals surface area contributed by atoms with E-state index in [0.29, 0.717) is 11.8 Å². The highest BCUT2D eigenvalue weighted by Gasteiger charge is 2.09. The van der Waals surface area contributed by atoms with E-state index >= 15 is 0 Å². The summed E-state index contributed by atoms with van der Waals surface area (Å²) in [6.07, 6.45) is 1.68. The lowest BCUT2D eigenvalue weighted by Crippen LogP contribution is -2.39. The van der Waals surface area contributed by atoms with Gasteiger partial charge in [-0.1, -0.05) is 0 Å². The van der Waals surface area contributed by atoms with Gasteiger partial charge in [-0.05, 0) is 0 Å². The van der Waals surface area contributed by atoms with Gasteiger partial charge in [0.15, 0.2) is 0 Å². The normalized spacial score (nSPS) is 16.8. The molecule has 0 saturated carbocycles. The third-order valence-electron chi connectivity index (χ3n) is 2.65. The minimum atomic E-state index is 0.578. The molecule has 0 radical (unpaired) electrons. The molecule has 1 fully saturated rings. The fourth-order valence-electron chi connectivity index (χ4n) is 1.69. The van der Waals surface area contributed by atoms with E-state index in [-0.39, 0.29) is 0 Å². The van der Waals surface area contributed by atoms with Crippen molar-refractivity contribution in [2.75, 3.05) is 51.8 Å². The molecule has 0 aromatic carbocycles. The van der Waals surface area contributed by atoms with E-state index in [1.807, 2.05) is 0 Å². The first kappa shape index (κ1) is 12.1. The maximum atomic E-state index is 5.29. The second kappa shape index (κ2) is 6.36. The predicted molar refractivity (Wildman–Crippen MR) is 64.3 cm³/mol. The van der Waals surface area contributed by atoms with Gasteiger partial charge in [-0.3, -0.25) is 4.90 Å². The van der Waals surface area contributed by atoms with E-state index in [4.69, 9.17) is 9.47 Å². The maximum absolute atomic E-state index is 5.29. The second-order valence-electron chi connectivity index (χ2n) is 3.80. The van der Waals surface area contributed by atoms with Crippen molar-refractivity contribution in [1.82, 2.24) is 14.9 Å². The minimum Gasteiger partial charge on any atom is -0.481 e. The molecule has 1 aliphatic heterocycles. The van der Waals surface area contributed by atoms with Crippen LogP contribution in [0.1, 0.15) is 0 Å². The molecule has 0 amide bonds. The van der Waals surface area contributed by atoms with Gasteiger partial charge in [0.2, 0.25) is 11.8 Å². The van der Waals surface area contributed by atoms with Crippen LogP contribution < -0.4 is 10.1 Å². The number of hydrogen-bond acceptors (Lipinski definition) is 6. The summed E-state index contributed by atoms with van der Waals surface area (Å²) in [5, 5.41) is 3.18. The SMILES string of the molecule is COc1ccnc(NCCN2CCOCC2)n1. The number of anilines is 1. The number of methoxy groups -OCH3 is 1. The molecule has 6 heteroatoms. The van der Waals surface area contributed by atoms with Crippen LogP contribution in [0.4, 0.5) is 5.95 Å². The van der Waals surface area contributed by atoms with Crippen molar-refractivity contribution < 1.29 is 9.47 Å². The number of nitrogens with zero attached hydrogens (tertiary/aromatic N) is 3. The Balaban J connectivity index is 1.73. The van der Waals surface area contributed by atoms with Gasteiger partial charge >= 0.3 is 0 Å². The fraction of sp³-hybridized carbons (Fsp3) is 0.636. The van der Waals surface area contributed by atoms with Crippen LogP contribution in [0.5, 0.6) is 5.88 Å². The zero-order valence-corrected chi connectivity index (χ0v) is 10.1. The molecule has 17 heavy (non-hydrogen) atoms. The third-order valence-corrected chi connectivity index (χ3v) is 2.65. The van der Waals surface area contributed by atoms with Gasteiger partial charge in [0, 0.05) is 38.4 Å². The van der Waals surface area contributed by atoms with Crippen molar-refractivity contribution in [2.45, 2.75) is 0 Å². The molecule has 0 bridgehead atoms. The summed E-state index contributed by atoms with van der Waals surface area (Å²) in [4.78, 5) is 10.7. The quantitative estimate of drug-likeness (QED) is 0.792. The Morgan fingerprint density at radius 2 is 2.29 bits per heavy atom. The van der Waals surface area contributed by atoms with Crippen LogP contribution in [-0.4, -0.2) is 61.4 Å². The molecule has 0 spiro atoms. The van der Waals surface area contributed by atoms with Crippen LogP contribution in [0.25, 0.3) is 0 Å². The first-order valence-electron chi connectivity index (χ1n) is 5.79. The average Bonchev–Trinajstić information content (AvgIpc) is 2.40. The van der Waals surface area contributed by atoms with E-state index < -0.39 is 0 Å². The van der Waals surface area contributed by atoms with Crippen LogP contribution >= 0.6 is 0 Å². The van der Waals surface area contributed by atoms with Crippen LogP contribution in [-0.2, 0) is 4.74 Å². The van der Waals surface area contributed by atoms with Crippen molar-refractivity contribution in [3.8, 4) is 5.88 Å². The summed E-state index contributed by atoms with van der Waals surface area (Å²) in [7, 11) is 1.60. The lowest BCUT2D eigenvalue weighted by Gasteiger charge is -2.26. The average molecular weight is 238 g/mol. The Bertz CT molecular complexity index is 342. The number of nitrogens with one attached hydrogen (secondary N) is 1. The summed E-state index contributed by atoms with van der Waals surface area (Å²) >= 11 is 0. The fourth-order valence-corrected chi connectivity index (χ4v) is 1.69. The van der Waals surface area contributed by atoms with Crippen molar-refractivity contribution in [2.24, 2.45) is 0 Å². The number of hydrogen-bond donors (Lipinski definition) is 1. The maximum Gasteiger partial charge on any atom is 0.225 e. The highest BCUT2D eigenvalue weighted by Crippen LogP contribution is 2.06. The lowest BCUT2D eigenvalue weighted by molar-refractivity contribution is 0.0398. The first-order chi connectivity index (χ1) is 8.38. The molecule has 1 aromatic heterocycles. The molecule has 1 aliphatic rings. The molecule has 6 nitrogen and oxygen atoms in total. The van der Waals surface area contributed by atoms with Crippen LogP contribution in [0.15, 0.2) is 12.3 Å². The second-order valence-corrected chi connectivity index (χ2v) is 3.80. The van der Waals surface area contributed by atoms with Gasteiger partial charge in [0.25, 0.3) is 0 Å². The number of morpholine rings is 1. The van der Waals surface area contributed by atoms with Crippen molar-refractivity contribution in [3.05, 3.63) is 12.3 Å². The lowest BCUT2D eigenvalue weighted by atomic mass is 10.4. The molecular weight excluding hydrogens is 220 g/mol. The molecule has 0 atom stereocenters. The van der Waals surface area contributed by atoms with Crippen LogP contribution in [0.2, 0.25) is 0 Å². The molecule has 1 aromatic rings. The first-order valence-corrected chi connectivity index (χ1v) is 5.79. The standard InChI is InChI=1S/C11H18N4O2/c1-16-10-2-3-12-11(14-10)13-4-5-15-6-8-17-9-7-15/h2-3H,4-9H2,1H3,(H,12,13,14). The smallest absolute Gasteiger partial charge is 0.225 e. The summed E-state index contributed by atoms with van der Waals surface area (Å²) < 4.78 is 10.3. The zero-order valence-electron chi connectivity index (χ0n) is 10.1. The van der Waals surface area contributed by atoms with Gasteiger partial charge in [-0.15, -0.1) is 0 Å². The largest absolute Gasteiger partial charge is 0.481 e. The van der Waals surface area contributed by atoms with Crippen molar-refractivity contribution in [1.29, 1.82) is 0 Å².